The van der Waals surface area contributed by atoms with Crippen molar-refractivity contribution in [1.82, 2.24) is 48.9 Å². The van der Waals surface area contributed by atoms with Crippen LogP contribution in [0.25, 0.3) is 40.9 Å². The molecule has 7 heterocycles. The molecule has 3 aliphatic rings. The van der Waals surface area contributed by atoms with Crippen molar-refractivity contribution in [1.29, 1.82) is 0 Å². The van der Waals surface area contributed by atoms with Crippen LogP contribution >= 0.6 is 45.7 Å². The van der Waals surface area contributed by atoms with Gasteiger partial charge in [0.1, 0.15) is 56.5 Å². The summed E-state index contributed by atoms with van der Waals surface area (Å²) in [7, 11) is 7.45. The molecule has 3 atom stereocenters. The Morgan fingerprint density at radius 2 is 1.27 bits per heavy atom. The monoisotopic (exact) mass is 922 g/mol. The highest BCUT2D eigenvalue weighted by molar-refractivity contribution is 7.19. The number of hydrogen-bond donors (Lipinski definition) is 3. The summed E-state index contributed by atoms with van der Waals surface area (Å²) in [6, 6.07) is 8.14. The van der Waals surface area contributed by atoms with Gasteiger partial charge in [-0.15, -0.1) is 32.9 Å². The van der Waals surface area contributed by atoms with Crippen LogP contribution in [0, 0.1) is 11.8 Å². The van der Waals surface area contributed by atoms with E-state index in [1.807, 2.05) is 24.3 Å². The normalized spacial score (nSPS) is 18.4. The van der Waals surface area contributed by atoms with E-state index in [2.05, 4.69) is 73.6 Å². The number of aryl methyl sites for hydroxylation is 2. The maximum Gasteiger partial charge on any atom is 0.306 e. The maximum atomic E-state index is 13.3. The summed E-state index contributed by atoms with van der Waals surface area (Å²) >= 11 is 5.91. The summed E-state index contributed by atoms with van der Waals surface area (Å²) in [5.74, 6) is 2.10. The van der Waals surface area contributed by atoms with Crippen LogP contribution in [0.3, 0.4) is 0 Å². The van der Waals surface area contributed by atoms with Gasteiger partial charge < -0.3 is 35.0 Å². The second kappa shape index (κ2) is 17.1. The number of anilines is 4. The Hall–Kier alpha value is -5.74. The number of aliphatic carboxylic acids is 1. The van der Waals surface area contributed by atoms with Crippen molar-refractivity contribution >= 4 is 121 Å². The molecular formula is C42H42N12O5S4. The molecule has 1 aliphatic heterocycles. The second-order valence-electron chi connectivity index (χ2n) is 16.1. The molecule has 3 N–H and O–H groups in total. The highest BCUT2D eigenvalue weighted by atomic mass is 32.1. The first kappa shape index (κ1) is 41.3. The summed E-state index contributed by atoms with van der Waals surface area (Å²) in [6.07, 6.45) is 8.56. The van der Waals surface area contributed by atoms with Gasteiger partial charge in [0, 0.05) is 46.9 Å². The van der Waals surface area contributed by atoms with Gasteiger partial charge >= 0.3 is 5.97 Å². The van der Waals surface area contributed by atoms with Crippen LogP contribution in [0.1, 0.15) is 40.1 Å². The van der Waals surface area contributed by atoms with Crippen LogP contribution in [0.4, 0.5) is 23.0 Å². The Balaban J connectivity index is 0.000000153. The molecule has 0 bridgehead atoms. The number of ether oxygens (including phenoxy) is 2. The number of carboxylic acids is 1. The van der Waals surface area contributed by atoms with E-state index in [0.717, 1.165) is 107 Å². The fourth-order valence-corrected chi connectivity index (χ4v) is 12.6. The average Bonchev–Trinajstić information content (AvgIpc) is 4.15. The molecule has 1 saturated heterocycles. The molecule has 6 aromatic heterocycles. The fourth-order valence-electron chi connectivity index (χ4n) is 8.86. The summed E-state index contributed by atoms with van der Waals surface area (Å²) in [6.45, 7) is 1.70. The third-order valence-corrected chi connectivity index (χ3v) is 15.9. The van der Waals surface area contributed by atoms with E-state index in [1.165, 1.54) is 39.8 Å². The third-order valence-electron chi connectivity index (χ3n) is 12.2. The number of amides is 1. The predicted octanol–water partition coefficient (Wildman–Crippen LogP) is 7.35. The van der Waals surface area contributed by atoms with E-state index in [0.29, 0.717) is 48.5 Å². The number of carbonyl (C=O) groups excluding carboxylic acids is 1. The molecule has 1 amide bonds. The van der Waals surface area contributed by atoms with Crippen molar-refractivity contribution in [2.45, 2.75) is 51.0 Å². The molecule has 11 rings (SSSR count). The quantitative estimate of drug-likeness (QED) is 0.129. The minimum atomic E-state index is -0.733. The number of methoxy groups -OCH3 is 2. The number of carboxylic acid groups (broad SMARTS) is 1. The first-order chi connectivity index (χ1) is 30.6. The SMILES string of the molecule is COc1cc2nnsc2cc1Nc1ncnc2sc3c(c12)CC[C@H](C(=O)N1CC[C@H](N(C)C)C1)C3.COc1cc2nnsc2cc1Nc1ncnc2sc3c(c12)CC[C@H](C(=O)O)C3. The van der Waals surface area contributed by atoms with E-state index in [1.54, 1.807) is 43.2 Å². The molecule has 2 aromatic carbocycles. The van der Waals surface area contributed by atoms with Gasteiger partial charge in [0.05, 0.1) is 51.7 Å². The first-order valence-electron chi connectivity index (χ1n) is 20.5. The minimum Gasteiger partial charge on any atom is -0.494 e. The molecule has 0 unspecified atom stereocenters. The van der Waals surface area contributed by atoms with Crippen LogP contribution in [0.2, 0.25) is 0 Å². The molecule has 0 radical (unpaired) electrons. The van der Waals surface area contributed by atoms with Crippen molar-refractivity contribution in [3.63, 3.8) is 0 Å². The lowest BCUT2D eigenvalue weighted by molar-refractivity contribution is -0.142. The second-order valence-corrected chi connectivity index (χ2v) is 19.8. The van der Waals surface area contributed by atoms with Crippen molar-refractivity contribution < 1.29 is 24.2 Å². The smallest absolute Gasteiger partial charge is 0.306 e. The van der Waals surface area contributed by atoms with Crippen molar-refractivity contribution in [3.05, 3.63) is 57.8 Å². The number of thiophene rings is 2. The number of likely N-dealkylation sites (N-methyl/N-ethyl adjacent to an activating group) is 1. The summed E-state index contributed by atoms with van der Waals surface area (Å²) in [4.78, 5) is 51.2. The predicted molar refractivity (Wildman–Crippen MR) is 247 cm³/mol. The standard InChI is InChI=1S/C24H27N7O2S2.C18H15N5O3S2/c1-30(2)14-6-7-31(11-14)24(32)13-4-5-15-19(8-13)34-23-21(15)22(25-12-26-23)27-16-10-20-17(28-29-35-20)9-18(16)33-3;1-26-12-5-11-14(28-23-22-11)6-10(12)21-16-15-9-3-2-8(18(24)25)4-13(9)27-17(15)20-7-19-16/h9-10,12-14H,4-8,11H2,1-3H3,(H,25,26,27);5-8H,2-4H2,1H3,(H,24,25)(H,19,20,21)/t13-,14-;8-/m00/s1. The molecule has 0 spiro atoms. The number of nitrogens with zero attached hydrogens (tertiary/aromatic N) is 10. The van der Waals surface area contributed by atoms with Gasteiger partial charge in [-0.1, -0.05) is 8.98 Å². The van der Waals surface area contributed by atoms with Crippen LogP contribution in [-0.4, -0.2) is 113 Å². The van der Waals surface area contributed by atoms with E-state index < -0.39 is 5.97 Å². The molecule has 21 heteroatoms. The number of fused-ring (bicyclic) bond motifs is 8. The lowest BCUT2D eigenvalue weighted by atomic mass is 9.87. The summed E-state index contributed by atoms with van der Waals surface area (Å²) < 4.78 is 21.1. The van der Waals surface area contributed by atoms with Gasteiger partial charge in [-0.2, -0.15) is 0 Å². The van der Waals surface area contributed by atoms with Crippen molar-refractivity contribution in [2.24, 2.45) is 11.8 Å². The minimum absolute atomic E-state index is 0.0437. The Labute approximate surface area is 376 Å². The molecule has 17 nitrogen and oxygen atoms in total. The Morgan fingerprint density at radius 1 is 0.746 bits per heavy atom. The van der Waals surface area contributed by atoms with E-state index >= 15 is 0 Å². The molecule has 324 valence electrons. The topological polar surface area (TPSA) is 206 Å². The number of nitrogens with one attached hydrogen (secondary N) is 2. The third kappa shape index (κ3) is 7.85. The summed E-state index contributed by atoms with van der Waals surface area (Å²) in [5, 5.41) is 26.5. The van der Waals surface area contributed by atoms with Gasteiger partial charge in [-0.05, 0) is 105 Å². The van der Waals surface area contributed by atoms with Gasteiger partial charge in [0.2, 0.25) is 5.91 Å². The zero-order chi connectivity index (χ0) is 43.4. The molecular weight excluding hydrogens is 881 g/mol. The van der Waals surface area contributed by atoms with E-state index in [4.69, 9.17) is 9.47 Å². The lowest BCUT2D eigenvalue weighted by Gasteiger charge is -2.27. The van der Waals surface area contributed by atoms with Gasteiger partial charge in [-0.25, -0.2) is 19.9 Å². The van der Waals surface area contributed by atoms with E-state index in [-0.39, 0.29) is 11.8 Å². The van der Waals surface area contributed by atoms with Crippen LogP contribution in [0.15, 0.2) is 36.9 Å². The van der Waals surface area contributed by atoms with Crippen molar-refractivity contribution in [2.75, 3.05) is 52.0 Å². The number of benzene rings is 2. The van der Waals surface area contributed by atoms with Crippen molar-refractivity contribution in [3.8, 4) is 11.5 Å². The van der Waals surface area contributed by atoms with Gasteiger partial charge in [0.15, 0.2) is 0 Å². The van der Waals surface area contributed by atoms with E-state index in [9.17, 15) is 14.7 Å². The van der Waals surface area contributed by atoms with Gasteiger partial charge in [-0.3, -0.25) is 9.59 Å². The Bertz CT molecular complexity index is 3040. The lowest BCUT2D eigenvalue weighted by Crippen LogP contribution is -2.39. The molecule has 0 saturated carbocycles. The zero-order valence-corrected chi connectivity index (χ0v) is 38.0. The molecule has 2 aliphatic carbocycles. The van der Waals surface area contributed by atoms with Gasteiger partial charge in [0.25, 0.3) is 0 Å². The average molecular weight is 923 g/mol. The fraction of sp³-hybridized carbons (Fsp3) is 0.381. The maximum absolute atomic E-state index is 13.3. The number of aromatic nitrogens is 8. The first-order valence-corrected chi connectivity index (χ1v) is 23.7. The molecule has 1 fully saturated rings. The number of rotatable bonds is 9. The number of likely N-dealkylation sites (tertiary alicyclic amines) is 1. The van der Waals surface area contributed by atoms with Crippen LogP contribution in [0.5, 0.6) is 11.5 Å². The van der Waals surface area contributed by atoms with Crippen LogP contribution < -0.4 is 20.1 Å². The zero-order valence-electron chi connectivity index (χ0n) is 34.7. The highest BCUT2D eigenvalue weighted by Crippen LogP contribution is 2.44. The summed E-state index contributed by atoms with van der Waals surface area (Å²) in [5.41, 5.74) is 5.61. The Morgan fingerprint density at radius 3 is 1.76 bits per heavy atom. The van der Waals surface area contributed by atoms with Crippen LogP contribution in [-0.2, 0) is 35.3 Å². The largest absolute Gasteiger partial charge is 0.494 e. The molecule has 63 heavy (non-hydrogen) atoms. The molecule has 8 aromatic rings. The highest BCUT2D eigenvalue weighted by Gasteiger charge is 2.35. The number of carbonyl (C=O) groups is 2. The number of hydrogen-bond acceptors (Lipinski definition) is 19. The Kier molecular flexibility index (Phi) is 11.2.